The molecule has 1 aliphatic rings. The van der Waals surface area contributed by atoms with E-state index >= 15 is 0 Å². The van der Waals surface area contributed by atoms with Gasteiger partial charge in [-0.2, -0.15) is 0 Å². The van der Waals surface area contributed by atoms with Gasteiger partial charge in [0.1, 0.15) is 5.78 Å². The number of aryl methyl sites for hydroxylation is 1. The molecule has 1 aliphatic carbocycles. The summed E-state index contributed by atoms with van der Waals surface area (Å²) in [5.41, 5.74) is 0.956. The number of hydrogen-bond donors (Lipinski definition) is 0. The molecule has 1 aromatic heterocycles. The summed E-state index contributed by atoms with van der Waals surface area (Å²) >= 11 is 0. The molecular weight excluding hydrogens is 154 g/mol. The molecule has 4 heteroatoms. The highest BCUT2D eigenvalue weighted by atomic mass is 16.1. The molecule has 0 aliphatic heterocycles. The topological polar surface area (TPSA) is 47.8 Å². The van der Waals surface area contributed by atoms with E-state index in [0.717, 1.165) is 12.1 Å². The van der Waals surface area contributed by atoms with Gasteiger partial charge < -0.3 is 0 Å². The van der Waals surface area contributed by atoms with E-state index in [4.69, 9.17) is 0 Å². The Morgan fingerprint density at radius 3 is 2.92 bits per heavy atom. The summed E-state index contributed by atoms with van der Waals surface area (Å²) in [5.74, 6) is 0.823. The van der Waals surface area contributed by atoms with E-state index < -0.39 is 0 Å². The van der Waals surface area contributed by atoms with Crippen LogP contribution < -0.4 is 0 Å². The molecular formula is C8H11N3O. The number of Topliss-reactive ketones (excluding diaryl/α,β-unsaturated/α-hetero) is 1. The van der Waals surface area contributed by atoms with Crippen LogP contribution in [0.5, 0.6) is 0 Å². The van der Waals surface area contributed by atoms with Gasteiger partial charge in [-0.15, -0.1) is 5.10 Å². The van der Waals surface area contributed by atoms with Crippen LogP contribution in [-0.2, 0) is 11.8 Å². The van der Waals surface area contributed by atoms with Gasteiger partial charge >= 0.3 is 0 Å². The number of rotatable bonds is 2. The van der Waals surface area contributed by atoms with Gasteiger partial charge in [0.25, 0.3) is 0 Å². The molecule has 2 rings (SSSR count). The standard InChI is InChI=1S/C8H11N3O/c1-5(12)6-3-7(6)8-4-11(2)10-9-8/h4,6-7H,3H2,1-2H3. The molecule has 64 valence electrons. The predicted molar refractivity (Wildman–Crippen MR) is 42.5 cm³/mol. The largest absolute Gasteiger partial charge is 0.300 e. The molecule has 2 atom stereocenters. The lowest BCUT2D eigenvalue weighted by molar-refractivity contribution is -0.118. The monoisotopic (exact) mass is 165 g/mol. The number of nitrogens with zero attached hydrogens (tertiary/aromatic N) is 3. The van der Waals surface area contributed by atoms with Crippen LogP contribution in [0.4, 0.5) is 0 Å². The van der Waals surface area contributed by atoms with Gasteiger partial charge in [0, 0.05) is 25.1 Å². The summed E-state index contributed by atoms with van der Waals surface area (Å²) < 4.78 is 1.67. The smallest absolute Gasteiger partial charge is 0.133 e. The van der Waals surface area contributed by atoms with E-state index in [9.17, 15) is 4.79 Å². The van der Waals surface area contributed by atoms with Crippen LogP contribution in [0.3, 0.4) is 0 Å². The first kappa shape index (κ1) is 7.46. The zero-order valence-corrected chi connectivity index (χ0v) is 7.19. The molecule has 0 radical (unpaired) electrons. The SMILES string of the molecule is CC(=O)C1CC1c1cn(C)nn1. The van der Waals surface area contributed by atoms with Crippen molar-refractivity contribution in [3.63, 3.8) is 0 Å². The highest BCUT2D eigenvalue weighted by Gasteiger charge is 2.43. The fraction of sp³-hybridized carbons (Fsp3) is 0.625. The van der Waals surface area contributed by atoms with Crippen LogP contribution >= 0.6 is 0 Å². The number of carbonyl (C=O) groups is 1. The van der Waals surface area contributed by atoms with E-state index in [-0.39, 0.29) is 11.7 Å². The number of hydrogen-bond acceptors (Lipinski definition) is 3. The van der Waals surface area contributed by atoms with Gasteiger partial charge in [-0.25, -0.2) is 0 Å². The molecule has 0 bridgehead atoms. The maximum absolute atomic E-state index is 10.9. The number of ketones is 1. The predicted octanol–water partition coefficient (Wildman–Crippen LogP) is 0.508. The zero-order chi connectivity index (χ0) is 8.72. The van der Waals surface area contributed by atoms with Crippen LogP contribution in [0.2, 0.25) is 0 Å². The minimum atomic E-state index is 0.210. The average Bonchev–Trinajstić information content (AvgIpc) is 2.70. The van der Waals surface area contributed by atoms with Crippen molar-refractivity contribution in [3.8, 4) is 0 Å². The molecule has 4 nitrogen and oxygen atoms in total. The van der Waals surface area contributed by atoms with Gasteiger partial charge in [0.05, 0.1) is 5.69 Å². The molecule has 0 N–H and O–H groups in total. The lowest BCUT2D eigenvalue weighted by Crippen LogP contribution is -1.94. The second kappa shape index (κ2) is 2.40. The van der Waals surface area contributed by atoms with Crippen LogP contribution in [0, 0.1) is 5.92 Å². The minimum absolute atomic E-state index is 0.210. The molecule has 1 aromatic rings. The van der Waals surface area contributed by atoms with Crippen LogP contribution in [0.15, 0.2) is 6.20 Å². The Balaban J connectivity index is 2.10. The fourth-order valence-corrected chi connectivity index (χ4v) is 1.51. The summed E-state index contributed by atoms with van der Waals surface area (Å²) in [4.78, 5) is 10.9. The lowest BCUT2D eigenvalue weighted by Gasteiger charge is -1.88. The maximum Gasteiger partial charge on any atom is 0.133 e. The molecule has 0 aromatic carbocycles. The molecule has 2 unspecified atom stereocenters. The van der Waals surface area contributed by atoms with Crippen molar-refractivity contribution in [2.24, 2.45) is 13.0 Å². The van der Waals surface area contributed by atoms with Gasteiger partial charge in [0.2, 0.25) is 0 Å². The zero-order valence-electron chi connectivity index (χ0n) is 7.19. The third kappa shape index (κ3) is 1.13. The summed E-state index contributed by atoms with van der Waals surface area (Å²) in [7, 11) is 1.83. The quantitative estimate of drug-likeness (QED) is 0.641. The molecule has 1 fully saturated rings. The normalized spacial score (nSPS) is 27.2. The summed E-state index contributed by atoms with van der Waals surface area (Å²) in [6, 6.07) is 0. The second-order valence-corrected chi connectivity index (χ2v) is 3.38. The van der Waals surface area contributed by atoms with Gasteiger partial charge in [-0.3, -0.25) is 9.48 Å². The van der Waals surface area contributed by atoms with Gasteiger partial charge in [-0.05, 0) is 13.3 Å². The van der Waals surface area contributed by atoms with Crippen molar-refractivity contribution < 1.29 is 4.79 Å². The number of carbonyl (C=O) groups excluding carboxylic acids is 1. The van der Waals surface area contributed by atoms with E-state index in [1.54, 1.807) is 11.6 Å². The van der Waals surface area contributed by atoms with Crippen molar-refractivity contribution in [2.75, 3.05) is 0 Å². The van der Waals surface area contributed by atoms with Crippen molar-refractivity contribution in [1.29, 1.82) is 0 Å². The van der Waals surface area contributed by atoms with Crippen LogP contribution in [0.25, 0.3) is 0 Å². The summed E-state index contributed by atoms with van der Waals surface area (Å²) in [5, 5.41) is 7.80. The Morgan fingerprint density at radius 2 is 2.50 bits per heavy atom. The van der Waals surface area contributed by atoms with Crippen molar-refractivity contribution >= 4 is 5.78 Å². The summed E-state index contributed by atoms with van der Waals surface area (Å²) in [6.07, 6.45) is 2.83. The second-order valence-electron chi connectivity index (χ2n) is 3.38. The van der Waals surface area contributed by atoms with Crippen LogP contribution in [0.1, 0.15) is 25.0 Å². The first-order valence-electron chi connectivity index (χ1n) is 4.05. The van der Waals surface area contributed by atoms with Gasteiger partial charge in [0.15, 0.2) is 0 Å². The van der Waals surface area contributed by atoms with E-state index in [1.165, 1.54) is 0 Å². The first-order chi connectivity index (χ1) is 5.68. The Kier molecular flexibility index (Phi) is 1.49. The highest BCUT2D eigenvalue weighted by Crippen LogP contribution is 2.46. The summed E-state index contributed by atoms with van der Waals surface area (Å²) in [6.45, 7) is 1.64. The minimum Gasteiger partial charge on any atom is -0.300 e. The maximum atomic E-state index is 10.9. The Hall–Kier alpha value is -1.19. The third-order valence-corrected chi connectivity index (χ3v) is 2.31. The Labute approximate surface area is 70.6 Å². The Morgan fingerprint density at radius 1 is 1.75 bits per heavy atom. The van der Waals surface area contributed by atoms with E-state index in [0.29, 0.717) is 5.92 Å². The van der Waals surface area contributed by atoms with Crippen molar-refractivity contribution in [3.05, 3.63) is 11.9 Å². The Bertz CT molecular complexity index is 318. The fourth-order valence-electron chi connectivity index (χ4n) is 1.51. The third-order valence-electron chi connectivity index (χ3n) is 2.31. The molecule has 0 saturated heterocycles. The van der Waals surface area contributed by atoms with Crippen molar-refractivity contribution in [1.82, 2.24) is 15.0 Å². The lowest BCUT2D eigenvalue weighted by atomic mass is 10.2. The average molecular weight is 165 g/mol. The van der Waals surface area contributed by atoms with Crippen LogP contribution in [-0.4, -0.2) is 20.8 Å². The molecule has 1 saturated carbocycles. The van der Waals surface area contributed by atoms with Crippen molar-refractivity contribution in [2.45, 2.75) is 19.3 Å². The van der Waals surface area contributed by atoms with Gasteiger partial charge in [-0.1, -0.05) is 5.21 Å². The van der Waals surface area contributed by atoms with E-state index in [1.807, 2.05) is 13.2 Å². The number of aromatic nitrogens is 3. The molecule has 12 heavy (non-hydrogen) atoms. The molecule has 0 spiro atoms. The molecule has 1 heterocycles. The van der Waals surface area contributed by atoms with E-state index in [2.05, 4.69) is 10.3 Å². The molecule has 0 amide bonds. The first-order valence-corrected chi connectivity index (χ1v) is 4.05. The highest BCUT2D eigenvalue weighted by molar-refractivity contribution is 5.82.